The number of carbonyl (C=O) groups is 2. The molecular weight excluding hydrogens is 514 g/mol. The maximum atomic E-state index is 14.0. The fourth-order valence-electron chi connectivity index (χ4n) is 5.01. The number of aromatic hydroxyl groups is 1. The summed E-state index contributed by atoms with van der Waals surface area (Å²) >= 11 is 0. The van der Waals surface area contributed by atoms with Gasteiger partial charge in [-0.15, -0.1) is 0 Å². The minimum Gasteiger partial charge on any atom is -0.504 e. The normalized spacial score (nSPS) is 15.4. The molecule has 0 bridgehead atoms. The molecule has 0 saturated carbocycles. The van der Waals surface area contributed by atoms with E-state index in [1.807, 2.05) is 25.1 Å². The van der Waals surface area contributed by atoms with E-state index in [2.05, 4.69) is 9.97 Å². The largest absolute Gasteiger partial charge is 0.504 e. The molecule has 3 heterocycles. The molecule has 0 radical (unpaired) electrons. The van der Waals surface area contributed by atoms with E-state index in [0.29, 0.717) is 33.3 Å². The van der Waals surface area contributed by atoms with Crippen LogP contribution in [0.3, 0.4) is 0 Å². The Balaban J connectivity index is 1.53. The fourth-order valence-corrected chi connectivity index (χ4v) is 5.01. The number of hydrogen-bond donors (Lipinski definition) is 3. The van der Waals surface area contributed by atoms with Gasteiger partial charge in [0.15, 0.2) is 34.4 Å². The number of phenols is 1. The van der Waals surface area contributed by atoms with Gasteiger partial charge in [0.2, 0.25) is 11.7 Å². The second-order valence-electron chi connectivity index (χ2n) is 9.40. The molecule has 202 valence electrons. The molecule has 0 spiro atoms. The van der Waals surface area contributed by atoms with Gasteiger partial charge in [0.25, 0.3) is 5.91 Å². The van der Waals surface area contributed by atoms with Crippen LogP contribution < -0.4 is 14.4 Å². The molecule has 40 heavy (non-hydrogen) atoms. The number of nitrogens with one attached hydrogen (secondary N) is 1. The van der Waals surface area contributed by atoms with E-state index in [4.69, 9.17) is 13.9 Å². The number of aromatic nitrogens is 2. The van der Waals surface area contributed by atoms with Crippen LogP contribution in [0.15, 0.2) is 76.4 Å². The zero-order valence-corrected chi connectivity index (χ0v) is 21.9. The molecule has 3 aromatic carbocycles. The van der Waals surface area contributed by atoms with Crippen LogP contribution in [0.25, 0.3) is 22.0 Å². The smallest absolute Gasteiger partial charge is 0.296 e. The minimum atomic E-state index is -1.11. The number of methoxy groups -OCH3 is 1. The van der Waals surface area contributed by atoms with Crippen molar-refractivity contribution < 1.29 is 33.7 Å². The SMILES string of the molecule is CCOc1cc(C2C(C(=O)c3cc4cccc(OC)c4o3)=C(O)C(=O)N2c2nc3ccc(C)cc3[nH]2)ccc1O. The Morgan fingerprint density at radius 2 is 1.93 bits per heavy atom. The van der Waals surface area contributed by atoms with Crippen LogP contribution in [-0.4, -0.2) is 45.6 Å². The third-order valence-electron chi connectivity index (χ3n) is 6.86. The molecule has 0 saturated heterocycles. The molecule has 0 aliphatic carbocycles. The number of hydrogen-bond acceptors (Lipinski definition) is 8. The third-order valence-corrected chi connectivity index (χ3v) is 6.86. The molecule has 1 unspecified atom stereocenters. The number of Topliss-reactive ketones (excluding diaryl/α,β-unsaturated/α-hetero) is 1. The van der Waals surface area contributed by atoms with Gasteiger partial charge in [-0.05, 0) is 61.4 Å². The third kappa shape index (κ3) is 3.92. The number of imidazole rings is 1. The molecule has 1 atom stereocenters. The number of carbonyl (C=O) groups excluding carboxylic acids is 2. The van der Waals surface area contributed by atoms with Gasteiger partial charge in [0.1, 0.15) is 0 Å². The molecule has 1 aliphatic rings. The number of benzene rings is 3. The summed E-state index contributed by atoms with van der Waals surface area (Å²) in [6, 6.07) is 15.8. The number of furan rings is 1. The van der Waals surface area contributed by atoms with E-state index in [9.17, 15) is 19.8 Å². The van der Waals surface area contributed by atoms with Gasteiger partial charge in [0, 0.05) is 5.39 Å². The van der Waals surface area contributed by atoms with Gasteiger partial charge >= 0.3 is 0 Å². The topological polar surface area (TPSA) is 138 Å². The summed E-state index contributed by atoms with van der Waals surface area (Å²) in [6.07, 6.45) is 0. The van der Waals surface area contributed by atoms with Crippen LogP contribution in [0.2, 0.25) is 0 Å². The summed E-state index contributed by atoms with van der Waals surface area (Å²) in [4.78, 5) is 36.5. The van der Waals surface area contributed by atoms with Crippen molar-refractivity contribution in [2.45, 2.75) is 19.9 Å². The molecular formula is C30H25N3O7. The Morgan fingerprint density at radius 3 is 2.70 bits per heavy atom. The molecule has 2 aromatic heterocycles. The number of aliphatic hydroxyl groups excluding tert-OH is 1. The average molecular weight is 540 g/mol. The summed E-state index contributed by atoms with van der Waals surface area (Å²) in [6.45, 7) is 3.98. The highest BCUT2D eigenvalue weighted by atomic mass is 16.5. The van der Waals surface area contributed by atoms with E-state index >= 15 is 0 Å². The monoisotopic (exact) mass is 539 g/mol. The highest BCUT2D eigenvalue weighted by Crippen LogP contribution is 2.44. The van der Waals surface area contributed by atoms with Crippen LogP contribution in [0.5, 0.6) is 17.2 Å². The quantitative estimate of drug-likeness (QED) is 0.230. The number of fused-ring (bicyclic) bond motifs is 2. The highest BCUT2D eigenvalue weighted by Gasteiger charge is 2.47. The van der Waals surface area contributed by atoms with Crippen LogP contribution in [0, 0.1) is 6.92 Å². The zero-order chi connectivity index (χ0) is 28.1. The van der Waals surface area contributed by atoms with Crippen molar-refractivity contribution in [3.05, 3.63) is 88.9 Å². The first-order valence-electron chi connectivity index (χ1n) is 12.6. The number of phenolic OH excluding ortho intramolecular Hbond substituents is 1. The lowest BCUT2D eigenvalue weighted by Crippen LogP contribution is -2.32. The van der Waals surface area contributed by atoms with Crippen molar-refractivity contribution in [1.29, 1.82) is 0 Å². The van der Waals surface area contributed by atoms with Crippen LogP contribution >= 0.6 is 0 Å². The lowest BCUT2D eigenvalue weighted by molar-refractivity contribution is -0.117. The van der Waals surface area contributed by atoms with Gasteiger partial charge in [-0.25, -0.2) is 4.98 Å². The van der Waals surface area contributed by atoms with E-state index in [-0.39, 0.29) is 35.4 Å². The average Bonchev–Trinajstić information content (AvgIpc) is 3.63. The molecule has 3 N–H and O–H groups in total. The minimum absolute atomic E-state index is 0.0789. The molecule has 1 amide bonds. The Kier molecular flexibility index (Phi) is 5.95. The van der Waals surface area contributed by atoms with Gasteiger partial charge in [0.05, 0.1) is 36.4 Å². The van der Waals surface area contributed by atoms with Gasteiger partial charge < -0.3 is 29.1 Å². The molecule has 10 heteroatoms. The summed E-state index contributed by atoms with van der Waals surface area (Å²) in [7, 11) is 1.49. The van der Waals surface area contributed by atoms with Gasteiger partial charge in [-0.1, -0.05) is 24.3 Å². The summed E-state index contributed by atoms with van der Waals surface area (Å²) in [5.74, 6) is -1.67. The van der Waals surface area contributed by atoms with Crippen molar-refractivity contribution in [3.8, 4) is 17.2 Å². The number of aliphatic hydroxyl groups is 1. The maximum absolute atomic E-state index is 14.0. The lowest BCUT2D eigenvalue weighted by Gasteiger charge is -2.25. The Bertz CT molecular complexity index is 1850. The first kappa shape index (κ1) is 25.1. The second-order valence-corrected chi connectivity index (χ2v) is 9.40. The molecule has 6 rings (SSSR count). The number of rotatable bonds is 7. The predicted molar refractivity (Wildman–Crippen MR) is 147 cm³/mol. The van der Waals surface area contributed by atoms with Crippen molar-refractivity contribution in [1.82, 2.24) is 9.97 Å². The van der Waals surface area contributed by atoms with E-state index < -0.39 is 23.5 Å². The number of aryl methyl sites for hydroxylation is 1. The second kappa shape index (κ2) is 9.49. The standard InChI is InChI=1S/C30H25N3O7/c1-4-39-22-13-16(9-11-20(22)34)25-24(26(35)23-14-17-6-5-7-21(38-3)28(17)40-23)27(36)29(37)33(25)30-31-18-10-8-15(2)12-19(18)32-30/h5-14,25,34,36H,4H2,1-3H3,(H,31,32). The predicted octanol–water partition coefficient (Wildman–Crippen LogP) is 5.51. The number of aromatic amines is 1. The Labute approximate surface area is 228 Å². The van der Waals surface area contributed by atoms with Crippen molar-refractivity contribution in [2.75, 3.05) is 18.6 Å². The van der Waals surface area contributed by atoms with Crippen molar-refractivity contribution in [2.24, 2.45) is 0 Å². The highest BCUT2D eigenvalue weighted by molar-refractivity contribution is 6.20. The summed E-state index contributed by atoms with van der Waals surface area (Å²) in [5, 5.41) is 22.1. The number of nitrogens with zero attached hydrogens (tertiary/aromatic N) is 2. The maximum Gasteiger partial charge on any atom is 0.296 e. The van der Waals surface area contributed by atoms with Gasteiger partial charge in [-0.3, -0.25) is 14.5 Å². The molecule has 10 nitrogen and oxygen atoms in total. The van der Waals surface area contributed by atoms with E-state index in [1.165, 1.54) is 30.2 Å². The Morgan fingerprint density at radius 1 is 1.10 bits per heavy atom. The number of para-hydroxylation sites is 1. The van der Waals surface area contributed by atoms with Crippen LogP contribution in [0.4, 0.5) is 5.95 Å². The number of ketones is 1. The first-order valence-corrected chi connectivity index (χ1v) is 12.6. The van der Waals surface area contributed by atoms with Crippen LogP contribution in [-0.2, 0) is 4.79 Å². The molecule has 0 fully saturated rings. The zero-order valence-electron chi connectivity index (χ0n) is 21.9. The fraction of sp³-hybridized carbons (Fsp3) is 0.167. The summed E-state index contributed by atoms with van der Waals surface area (Å²) in [5.41, 5.74) is 2.86. The molecule has 5 aromatic rings. The summed E-state index contributed by atoms with van der Waals surface area (Å²) < 4.78 is 16.8. The van der Waals surface area contributed by atoms with Crippen LogP contribution in [0.1, 0.15) is 34.6 Å². The number of H-pyrrole nitrogens is 1. The Hall–Kier alpha value is -5.25. The first-order chi connectivity index (χ1) is 19.3. The van der Waals surface area contributed by atoms with Gasteiger partial charge in [-0.2, -0.15) is 0 Å². The number of ether oxygens (including phenoxy) is 2. The number of anilines is 1. The van der Waals surface area contributed by atoms with Crippen molar-refractivity contribution >= 4 is 39.6 Å². The number of amides is 1. The van der Waals surface area contributed by atoms with Crippen molar-refractivity contribution in [3.63, 3.8) is 0 Å². The van der Waals surface area contributed by atoms with E-state index in [0.717, 1.165) is 5.56 Å². The lowest BCUT2D eigenvalue weighted by atomic mass is 9.94. The molecule has 1 aliphatic heterocycles. The van der Waals surface area contributed by atoms with E-state index in [1.54, 1.807) is 31.2 Å².